The van der Waals surface area contributed by atoms with E-state index in [0.717, 1.165) is 57.5 Å². The number of rotatable bonds is 7. The lowest BCUT2D eigenvalue weighted by Crippen LogP contribution is -2.23. The maximum atomic E-state index is 14.5. The standard InChI is InChI=1S/C19H19ClF4N2OS.C16H13ClF4N2OS/c1-10-3-5-11(6-4-10)28-16-7-12(14(21)8-13(16)20)18-15(27)9-17(19(22,23)24)26(2)25-18;1-8(2)7-25-13-4-9(11(18)5-10(13)17)15-12(24)6-14(16(19,20)21)23(3)22-15/h7-11H,3-6H2,1-2H3;4-6H,1,7H2,2-3H3. The van der Waals surface area contributed by atoms with Crippen LogP contribution in [0.1, 0.15) is 50.9 Å². The van der Waals surface area contributed by atoms with Gasteiger partial charge in [-0.25, -0.2) is 8.78 Å². The Balaban J connectivity index is 0.000000238. The summed E-state index contributed by atoms with van der Waals surface area (Å²) in [4.78, 5) is 25.4. The molecule has 0 amide bonds. The quantitative estimate of drug-likeness (QED) is 0.105. The van der Waals surface area contributed by atoms with Crippen molar-refractivity contribution in [2.24, 2.45) is 20.0 Å². The Morgan fingerprint density at radius 3 is 1.60 bits per heavy atom. The lowest BCUT2D eigenvalue weighted by Gasteiger charge is -2.26. The molecule has 286 valence electrons. The van der Waals surface area contributed by atoms with Crippen molar-refractivity contribution in [2.75, 3.05) is 5.75 Å². The van der Waals surface area contributed by atoms with Gasteiger partial charge in [0.15, 0.2) is 0 Å². The van der Waals surface area contributed by atoms with Crippen LogP contribution in [-0.2, 0) is 26.4 Å². The van der Waals surface area contributed by atoms with E-state index in [1.807, 2.05) is 0 Å². The van der Waals surface area contributed by atoms with Crippen molar-refractivity contribution >= 4 is 46.7 Å². The molecule has 1 saturated carbocycles. The van der Waals surface area contributed by atoms with Gasteiger partial charge in [-0.2, -0.15) is 36.5 Å². The molecule has 0 radical (unpaired) electrons. The first-order chi connectivity index (χ1) is 24.6. The average Bonchev–Trinajstić information content (AvgIpc) is 3.04. The van der Waals surface area contributed by atoms with Gasteiger partial charge >= 0.3 is 12.4 Å². The SMILES string of the molecule is C=C(C)CSc1cc(-c2nn(C)c(C(F)(F)F)cc2=O)c(F)cc1Cl.CC1CCC(Sc2cc(-c3nn(C)c(C(F)(F)F)cc3=O)c(F)cc2Cl)CC1. The molecular weight excluding hydrogens is 795 g/mol. The summed E-state index contributed by atoms with van der Waals surface area (Å²) >= 11 is 15.0. The van der Waals surface area contributed by atoms with Crippen molar-refractivity contribution in [3.8, 4) is 22.5 Å². The maximum absolute atomic E-state index is 14.5. The Hall–Kier alpha value is -3.34. The highest BCUT2D eigenvalue weighted by Crippen LogP contribution is 2.41. The Labute approximate surface area is 317 Å². The Morgan fingerprint density at radius 2 is 1.19 bits per heavy atom. The summed E-state index contributed by atoms with van der Waals surface area (Å²) in [6.45, 7) is 7.75. The lowest BCUT2D eigenvalue weighted by atomic mass is 9.91. The minimum atomic E-state index is -4.74. The number of halogens is 10. The second-order valence-corrected chi connectivity index (χ2v) is 15.7. The van der Waals surface area contributed by atoms with Crippen molar-refractivity contribution in [3.63, 3.8) is 0 Å². The van der Waals surface area contributed by atoms with Gasteiger partial charge in [0.2, 0.25) is 10.9 Å². The van der Waals surface area contributed by atoms with Crippen molar-refractivity contribution in [1.82, 2.24) is 19.6 Å². The van der Waals surface area contributed by atoms with Crippen LogP contribution < -0.4 is 10.9 Å². The fourth-order valence-corrected chi connectivity index (χ4v) is 7.95. The molecule has 0 spiro atoms. The van der Waals surface area contributed by atoms with E-state index >= 15 is 0 Å². The Bertz CT molecular complexity index is 2130. The van der Waals surface area contributed by atoms with Gasteiger partial charge in [-0.05, 0) is 62.8 Å². The fourth-order valence-electron chi connectivity index (χ4n) is 5.33. The molecule has 1 fully saturated rings. The molecule has 0 unspecified atom stereocenters. The smallest absolute Gasteiger partial charge is 0.287 e. The highest BCUT2D eigenvalue weighted by atomic mass is 35.5. The monoisotopic (exact) mass is 826 g/mol. The molecule has 0 saturated heterocycles. The highest BCUT2D eigenvalue weighted by Gasteiger charge is 2.36. The molecule has 0 N–H and O–H groups in total. The third-order valence-electron chi connectivity index (χ3n) is 8.06. The average molecular weight is 828 g/mol. The first kappa shape index (κ1) is 42.4. The summed E-state index contributed by atoms with van der Waals surface area (Å²) in [5.74, 6) is -0.441. The van der Waals surface area contributed by atoms with Gasteiger partial charge in [0.1, 0.15) is 34.4 Å². The number of hydrogen-bond acceptors (Lipinski definition) is 6. The van der Waals surface area contributed by atoms with Crippen LogP contribution in [0.5, 0.6) is 0 Å². The zero-order chi connectivity index (χ0) is 39.6. The van der Waals surface area contributed by atoms with E-state index in [4.69, 9.17) is 23.2 Å². The predicted molar refractivity (Wildman–Crippen MR) is 193 cm³/mol. The van der Waals surface area contributed by atoms with Crippen LogP contribution in [0, 0.1) is 17.6 Å². The van der Waals surface area contributed by atoms with Gasteiger partial charge in [0, 0.05) is 58.1 Å². The van der Waals surface area contributed by atoms with Gasteiger partial charge in [-0.1, -0.05) is 42.3 Å². The number of thioether (sulfide) groups is 2. The number of nitrogens with zero attached hydrogens (tertiary/aromatic N) is 4. The molecule has 0 bridgehead atoms. The predicted octanol–water partition coefficient (Wildman–Crippen LogP) is 10.9. The maximum Gasteiger partial charge on any atom is 0.433 e. The summed E-state index contributed by atoms with van der Waals surface area (Å²) in [7, 11) is 2.11. The van der Waals surface area contributed by atoms with Crippen LogP contribution in [0.25, 0.3) is 22.5 Å². The summed E-state index contributed by atoms with van der Waals surface area (Å²) in [5.41, 5.74) is -4.71. The van der Waals surface area contributed by atoms with Gasteiger partial charge in [0.05, 0.1) is 10.0 Å². The van der Waals surface area contributed by atoms with Crippen LogP contribution in [0.4, 0.5) is 35.1 Å². The van der Waals surface area contributed by atoms with Crippen molar-refractivity contribution in [3.05, 3.63) is 102 Å². The fraction of sp³-hybridized carbons (Fsp3) is 0.371. The van der Waals surface area contributed by atoms with Crippen molar-refractivity contribution in [1.29, 1.82) is 0 Å². The molecule has 4 aromatic rings. The molecule has 1 aliphatic rings. The van der Waals surface area contributed by atoms with E-state index in [9.17, 15) is 44.7 Å². The van der Waals surface area contributed by atoms with E-state index in [-0.39, 0.29) is 26.9 Å². The van der Waals surface area contributed by atoms with E-state index in [2.05, 4.69) is 23.7 Å². The molecular formula is C35H32Cl2F8N4O2S2. The number of hydrogen-bond donors (Lipinski definition) is 0. The molecule has 5 rings (SSSR count). The first-order valence-corrected chi connectivity index (χ1v) is 18.4. The van der Waals surface area contributed by atoms with Crippen LogP contribution in [0.15, 0.2) is 67.9 Å². The van der Waals surface area contributed by atoms with Crippen LogP contribution in [0.2, 0.25) is 10.0 Å². The zero-order valence-corrected chi connectivity index (χ0v) is 31.7. The number of aryl methyl sites for hydroxylation is 2. The van der Waals surface area contributed by atoms with Gasteiger partial charge in [-0.3, -0.25) is 19.0 Å². The number of alkyl halides is 6. The summed E-state index contributed by atoms with van der Waals surface area (Å²) in [5, 5.41) is 7.98. The second kappa shape index (κ2) is 17.0. The van der Waals surface area contributed by atoms with E-state index < -0.39 is 51.9 Å². The minimum Gasteiger partial charge on any atom is -0.287 e. The summed E-state index contributed by atoms with van der Waals surface area (Å²) < 4.78 is 107. The molecule has 18 heteroatoms. The Morgan fingerprint density at radius 1 is 0.774 bits per heavy atom. The lowest BCUT2D eigenvalue weighted by molar-refractivity contribution is -0.145. The molecule has 6 nitrogen and oxygen atoms in total. The molecule has 2 aromatic carbocycles. The van der Waals surface area contributed by atoms with Crippen LogP contribution >= 0.6 is 46.7 Å². The molecule has 0 atom stereocenters. The third kappa shape index (κ3) is 10.7. The van der Waals surface area contributed by atoms with E-state index in [1.54, 1.807) is 6.92 Å². The molecule has 53 heavy (non-hydrogen) atoms. The minimum absolute atomic E-state index is 0.135. The number of aromatic nitrogens is 4. The van der Waals surface area contributed by atoms with Crippen molar-refractivity contribution in [2.45, 2.75) is 66.9 Å². The number of benzene rings is 2. The summed E-state index contributed by atoms with van der Waals surface area (Å²) in [6, 6.07) is 5.66. The molecule has 2 heterocycles. The Kier molecular flexibility index (Phi) is 13.6. The second-order valence-electron chi connectivity index (χ2n) is 12.5. The van der Waals surface area contributed by atoms with Gasteiger partial charge in [0.25, 0.3) is 0 Å². The van der Waals surface area contributed by atoms with E-state index in [1.165, 1.54) is 35.7 Å². The van der Waals surface area contributed by atoms with Crippen LogP contribution in [-0.4, -0.2) is 30.6 Å². The topological polar surface area (TPSA) is 69.8 Å². The van der Waals surface area contributed by atoms with Gasteiger partial charge < -0.3 is 0 Å². The molecule has 0 aliphatic heterocycles. The van der Waals surface area contributed by atoms with Crippen molar-refractivity contribution < 1.29 is 35.1 Å². The first-order valence-electron chi connectivity index (χ1n) is 15.8. The van der Waals surface area contributed by atoms with Gasteiger partial charge in [-0.15, -0.1) is 23.5 Å². The summed E-state index contributed by atoms with van der Waals surface area (Å²) in [6.07, 6.45) is -5.24. The third-order valence-corrected chi connectivity index (χ3v) is 11.6. The van der Waals surface area contributed by atoms with E-state index in [0.29, 0.717) is 48.2 Å². The van der Waals surface area contributed by atoms with Crippen LogP contribution in [0.3, 0.4) is 0 Å². The molecule has 2 aromatic heterocycles. The zero-order valence-electron chi connectivity index (χ0n) is 28.6. The largest absolute Gasteiger partial charge is 0.433 e. The molecule has 1 aliphatic carbocycles. The highest BCUT2D eigenvalue weighted by molar-refractivity contribution is 8.00. The normalized spacial score (nSPS) is 16.3.